The molecular formula is C8H3ClFIN2S. The molecule has 0 amide bonds. The van der Waals surface area contributed by atoms with Gasteiger partial charge in [-0.15, -0.1) is 0 Å². The lowest BCUT2D eigenvalue weighted by Gasteiger charge is -1.98. The minimum atomic E-state index is -0.443. The number of rotatable bonds is 1. The SMILES string of the molecule is Fc1c(Cl)cccc1-c1nc(I)ns1. The summed E-state index contributed by atoms with van der Waals surface area (Å²) in [5.74, 6) is -0.443. The molecule has 6 heteroatoms. The second-order valence-electron chi connectivity index (χ2n) is 2.47. The average molecular weight is 341 g/mol. The minimum absolute atomic E-state index is 0.104. The third kappa shape index (κ3) is 1.89. The molecule has 0 atom stereocenters. The Morgan fingerprint density at radius 2 is 2.21 bits per heavy atom. The number of benzene rings is 1. The van der Waals surface area contributed by atoms with Gasteiger partial charge in [-0.05, 0) is 23.7 Å². The molecule has 0 fully saturated rings. The highest BCUT2D eigenvalue weighted by atomic mass is 127. The molecule has 0 aliphatic heterocycles. The van der Waals surface area contributed by atoms with Crippen molar-refractivity contribution in [3.05, 3.63) is 32.9 Å². The fourth-order valence-electron chi connectivity index (χ4n) is 0.984. The van der Waals surface area contributed by atoms with Crippen LogP contribution in [0.25, 0.3) is 10.6 Å². The first kappa shape index (κ1) is 10.3. The Kier molecular flexibility index (Phi) is 2.99. The quantitative estimate of drug-likeness (QED) is 0.741. The standard InChI is InChI=1S/C8H3ClFIN2S/c9-5-3-1-2-4(6(5)10)7-12-8(11)13-14-7/h1-3H. The Hall–Kier alpha value is -0.270. The van der Waals surface area contributed by atoms with Crippen molar-refractivity contribution in [2.45, 2.75) is 0 Å². The molecular weight excluding hydrogens is 338 g/mol. The number of hydrogen-bond donors (Lipinski definition) is 0. The van der Waals surface area contributed by atoms with E-state index in [0.717, 1.165) is 11.5 Å². The summed E-state index contributed by atoms with van der Waals surface area (Å²) in [6.45, 7) is 0. The van der Waals surface area contributed by atoms with Crippen LogP contribution in [0.2, 0.25) is 5.02 Å². The number of aromatic nitrogens is 2. The van der Waals surface area contributed by atoms with Crippen LogP contribution in [-0.4, -0.2) is 9.36 Å². The summed E-state index contributed by atoms with van der Waals surface area (Å²) in [7, 11) is 0. The van der Waals surface area contributed by atoms with Gasteiger partial charge in [0.25, 0.3) is 0 Å². The smallest absolute Gasteiger partial charge is 0.203 e. The summed E-state index contributed by atoms with van der Waals surface area (Å²) < 4.78 is 18.1. The second kappa shape index (κ2) is 4.08. The van der Waals surface area contributed by atoms with Gasteiger partial charge in [-0.3, -0.25) is 0 Å². The summed E-state index contributed by atoms with van der Waals surface area (Å²) in [4.78, 5) is 4.08. The molecule has 0 saturated carbocycles. The van der Waals surface area contributed by atoms with Gasteiger partial charge in [0.05, 0.1) is 5.02 Å². The van der Waals surface area contributed by atoms with Crippen LogP contribution < -0.4 is 0 Å². The maximum atomic E-state index is 13.5. The second-order valence-corrected chi connectivity index (χ2v) is 4.59. The van der Waals surface area contributed by atoms with E-state index < -0.39 is 5.82 Å². The minimum Gasteiger partial charge on any atom is -0.209 e. The maximum Gasteiger partial charge on any atom is 0.203 e. The van der Waals surface area contributed by atoms with Crippen molar-refractivity contribution in [3.63, 3.8) is 0 Å². The molecule has 72 valence electrons. The largest absolute Gasteiger partial charge is 0.209 e. The molecule has 1 heterocycles. The van der Waals surface area contributed by atoms with Gasteiger partial charge >= 0.3 is 0 Å². The van der Waals surface area contributed by atoms with Crippen LogP contribution in [0.1, 0.15) is 0 Å². The van der Waals surface area contributed by atoms with E-state index in [1.165, 1.54) is 6.07 Å². The van der Waals surface area contributed by atoms with E-state index in [9.17, 15) is 4.39 Å². The van der Waals surface area contributed by atoms with Crippen molar-refractivity contribution >= 4 is 45.7 Å². The van der Waals surface area contributed by atoms with Crippen molar-refractivity contribution in [3.8, 4) is 10.6 Å². The van der Waals surface area contributed by atoms with Crippen LogP contribution in [0.4, 0.5) is 4.39 Å². The van der Waals surface area contributed by atoms with Gasteiger partial charge in [-0.2, -0.15) is 4.37 Å². The molecule has 1 aromatic carbocycles. The van der Waals surface area contributed by atoms with Crippen molar-refractivity contribution < 1.29 is 4.39 Å². The molecule has 0 bridgehead atoms. The van der Waals surface area contributed by atoms with E-state index in [1.807, 2.05) is 22.6 Å². The molecule has 0 N–H and O–H groups in total. The summed E-state index contributed by atoms with van der Waals surface area (Å²) >= 11 is 8.79. The van der Waals surface area contributed by atoms with Gasteiger partial charge in [-0.1, -0.05) is 17.7 Å². The van der Waals surface area contributed by atoms with Crippen LogP contribution in [0.3, 0.4) is 0 Å². The van der Waals surface area contributed by atoms with E-state index in [4.69, 9.17) is 11.6 Å². The number of nitrogens with zero attached hydrogens (tertiary/aromatic N) is 2. The molecule has 2 nitrogen and oxygen atoms in total. The van der Waals surface area contributed by atoms with Gasteiger partial charge in [0.15, 0.2) is 5.82 Å². The highest BCUT2D eigenvalue weighted by Gasteiger charge is 2.12. The van der Waals surface area contributed by atoms with E-state index in [-0.39, 0.29) is 5.02 Å². The van der Waals surface area contributed by atoms with Gasteiger partial charge in [-0.25, -0.2) is 9.37 Å². The lowest BCUT2D eigenvalue weighted by atomic mass is 10.2. The predicted octanol–water partition coefficient (Wildman–Crippen LogP) is 3.60. The molecule has 2 rings (SSSR count). The Bertz CT molecular complexity index is 474. The van der Waals surface area contributed by atoms with Crippen LogP contribution in [-0.2, 0) is 0 Å². The lowest BCUT2D eigenvalue weighted by molar-refractivity contribution is 0.631. The molecule has 2 aromatic rings. The molecule has 0 aliphatic carbocycles. The number of hydrogen-bond acceptors (Lipinski definition) is 3. The molecule has 1 aromatic heterocycles. The molecule has 0 unspecified atom stereocenters. The Balaban J connectivity index is 2.57. The van der Waals surface area contributed by atoms with Crippen LogP contribution >= 0.6 is 45.7 Å². The Morgan fingerprint density at radius 1 is 1.43 bits per heavy atom. The van der Waals surface area contributed by atoms with E-state index >= 15 is 0 Å². The van der Waals surface area contributed by atoms with E-state index in [2.05, 4.69) is 9.36 Å². The monoisotopic (exact) mass is 340 g/mol. The van der Waals surface area contributed by atoms with Crippen molar-refractivity contribution in [2.24, 2.45) is 0 Å². The van der Waals surface area contributed by atoms with Gasteiger partial charge < -0.3 is 0 Å². The molecule has 0 aliphatic rings. The molecule has 0 saturated heterocycles. The molecule has 0 radical (unpaired) electrons. The lowest BCUT2D eigenvalue weighted by Crippen LogP contribution is -1.84. The third-order valence-corrected chi connectivity index (χ3v) is 3.43. The predicted molar refractivity (Wildman–Crippen MR) is 63.0 cm³/mol. The summed E-state index contributed by atoms with van der Waals surface area (Å²) in [6.07, 6.45) is 0. The van der Waals surface area contributed by atoms with Crippen LogP contribution in [0, 0.1) is 9.65 Å². The highest BCUT2D eigenvalue weighted by Crippen LogP contribution is 2.28. The first-order chi connectivity index (χ1) is 6.68. The topological polar surface area (TPSA) is 25.8 Å². The Morgan fingerprint density at radius 3 is 2.86 bits per heavy atom. The van der Waals surface area contributed by atoms with E-state index in [1.54, 1.807) is 12.1 Å². The first-order valence-corrected chi connectivity index (χ1v) is 5.85. The normalized spacial score (nSPS) is 10.5. The van der Waals surface area contributed by atoms with Crippen molar-refractivity contribution in [1.82, 2.24) is 9.36 Å². The Labute approximate surface area is 102 Å². The summed E-state index contributed by atoms with van der Waals surface area (Å²) in [5.41, 5.74) is 0.401. The van der Waals surface area contributed by atoms with Crippen LogP contribution in [0.15, 0.2) is 18.2 Å². The van der Waals surface area contributed by atoms with Gasteiger partial charge in [0.1, 0.15) is 5.01 Å². The van der Waals surface area contributed by atoms with E-state index in [0.29, 0.717) is 14.4 Å². The van der Waals surface area contributed by atoms with Crippen LogP contribution in [0.5, 0.6) is 0 Å². The average Bonchev–Trinajstić information content (AvgIpc) is 2.57. The van der Waals surface area contributed by atoms with Gasteiger partial charge in [0.2, 0.25) is 3.83 Å². The molecule has 0 spiro atoms. The maximum absolute atomic E-state index is 13.5. The zero-order valence-electron chi connectivity index (χ0n) is 6.67. The van der Waals surface area contributed by atoms with Crippen molar-refractivity contribution in [1.29, 1.82) is 0 Å². The molecule has 14 heavy (non-hydrogen) atoms. The third-order valence-electron chi connectivity index (χ3n) is 1.58. The zero-order valence-corrected chi connectivity index (χ0v) is 10.4. The van der Waals surface area contributed by atoms with Gasteiger partial charge in [0, 0.05) is 28.2 Å². The zero-order chi connectivity index (χ0) is 10.1. The fourth-order valence-corrected chi connectivity index (χ4v) is 2.44. The first-order valence-electron chi connectivity index (χ1n) is 3.62. The number of halogens is 3. The summed E-state index contributed by atoms with van der Waals surface area (Å²) in [6, 6.07) is 4.83. The fraction of sp³-hybridized carbons (Fsp3) is 0. The highest BCUT2D eigenvalue weighted by molar-refractivity contribution is 14.1. The summed E-state index contributed by atoms with van der Waals surface area (Å²) in [5, 5.41) is 0.655. The van der Waals surface area contributed by atoms with Crippen molar-refractivity contribution in [2.75, 3.05) is 0 Å².